The molecule has 1 heteroatoms. The minimum atomic E-state index is 1.07. The van der Waals surface area contributed by atoms with E-state index in [1.54, 1.807) is 11.1 Å². The molecule has 1 heterocycles. The molecular formula is C40H32S. The van der Waals surface area contributed by atoms with E-state index in [1.807, 2.05) is 47.7 Å². The molecule has 0 bridgehead atoms. The van der Waals surface area contributed by atoms with E-state index in [1.165, 1.54) is 64.7 Å². The molecule has 9 rings (SSSR count). The average molecular weight is 545 g/mol. The highest BCUT2D eigenvalue weighted by molar-refractivity contribution is 7.25. The summed E-state index contributed by atoms with van der Waals surface area (Å²) in [6.45, 7) is 4.17. The van der Waals surface area contributed by atoms with E-state index in [4.69, 9.17) is 0 Å². The molecule has 6 aromatic carbocycles. The van der Waals surface area contributed by atoms with Crippen molar-refractivity contribution in [3.8, 4) is 22.3 Å². The van der Waals surface area contributed by atoms with E-state index in [-0.39, 0.29) is 0 Å². The van der Waals surface area contributed by atoms with Crippen molar-refractivity contribution in [3.63, 3.8) is 0 Å². The first-order valence-corrected chi connectivity index (χ1v) is 15.2. The molecular weight excluding hydrogens is 513 g/mol. The Morgan fingerprint density at radius 3 is 1.63 bits per heavy atom. The van der Waals surface area contributed by atoms with E-state index >= 15 is 0 Å². The molecule has 0 atom stereocenters. The van der Waals surface area contributed by atoms with Crippen molar-refractivity contribution in [2.75, 3.05) is 0 Å². The highest BCUT2D eigenvalue weighted by atomic mass is 32.1. The minimum absolute atomic E-state index is 1.07. The van der Waals surface area contributed by atoms with Gasteiger partial charge in [0.25, 0.3) is 0 Å². The molecule has 0 saturated carbocycles. The van der Waals surface area contributed by atoms with E-state index in [9.17, 15) is 0 Å². The largest absolute Gasteiger partial charge is 0.135 e. The van der Waals surface area contributed by atoms with E-state index in [2.05, 4.69) is 111 Å². The van der Waals surface area contributed by atoms with Crippen molar-refractivity contribution in [2.45, 2.75) is 26.7 Å². The Bertz CT molecular complexity index is 1960. The van der Waals surface area contributed by atoms with Crippen molar-refractivity contribution >= 4 is 31.5 Å². The molecule has 2 aliphatic carbocycles. The first-order chi connectivity index (χ1) is 20.2. The van der Waals surface area contributed by atoms with Gasteiger partial charge in [-0.1, -0.05) is 126 Å². The van der Waals surface area contributed by atoms with Gasteiger partial charge in [-0.3, -0.25) is 0 Å². The standard InChI is InChI=1S/C26H16S.2C7H8/c1-2-6-17-15(5-1)11-22-18(17)9-10-19-21-14-26-24(13-16(21)12-23(19)22)20-7-3-4-8-25(20)27-26;2*1-7-5-3-2-4-6-7/h1-10,13-14H,11-12H2;2*2-6H,1H3. The smallest absolute Gasteiger partial charge is 0.0361 e. The average Bonchev–Trinajstić information content (AvgIpc) is 3.68. The second kappa shape index (κ2) is 10.8. The lowest BCUT2D eigenvalue weighted by molar-refractivity contribution is 1.16. The summed E-state index contributed by atoms with van der Waals surface area (Å²) >= 11 is 1.92. The van der Waals surface area contributed by atoms with Crippen LogP contribution in [0.2, 0.25) is 0 Å². The fourth-order valence-electron chi connectivity index (χ4n) is 6.20. The van der Waals surface area contributed by atoms with E-state index in [0.29, 0.717) is 0 Å². The highest BCUT2D eigenvalue weighted by Crippen LogP contribution is 2.48. The molecule has 1 aromatic heterocycles. The molecule has 0 radical (unpaired) electrons. The summed E-state index contributed by atoms with van der Waals surface area (Å²) in [5.74, 6) is 0. The first-order valence-electron chi connectivity index (χ1n) is 14.4. The zero-order chi connectivity index (χ0) is 27.8. The van der Waals surface area contributed by atoms with Gasteiger partial charge < -0.3 is 0 Å². The van der Waals surface area contributed by atoms with Crippen molar-refractivity contribution < 1.29 is 0 Å². The molecule has 7 aromatic rings. The Morgan fingerprint density at radius 2 is 0.976 bits per heavy atom. The molecule has 2 aliphatic rings. The van der Waals surface area contributed by atoms with Gasteiger partial charge in [-0.2, -0.15) is 0 Å². The monoisotopic (exact) mass is 544 g/mol. The Morgan fingerprint density at radius 1 is 0.415 bits per heavy atom. The molecule has 0 saturated heterocycles. The zero-order valence-corrected chi connectivity index (χ0v) is 24.3. The second-order valence-electron chi connectivity index (χ2n) is 11.0. The van der Waals surface area contributed by atoms with Crippen LogP contribution in [0.1, 0.15) is 33.4 Å². The predicted molar refractivity (Wildman–Crippen MR) is 178 cm³/mol. The van der Waals surface area contributed by atoms with E-state index in [0.717, 1.165) is 12.8 Å². The van der Waals surface area contributed by atoms with Crippen molar-refractivity contribution in [1.29, 1.82) is 0 Å². The molecule has 41 heavy (non-hydrogen) atoms. The summed E-state index contributed by atoms with van der Waals surface area (Å²) in [7, 11) is 0. The van der Waals surface area contributed by atoms with Gasteiger partial charge in [-0.05, 0) is 89.4 Å². The Hall–Kier alpha value is -4.46. The topological polar surface area (TPSA) is 0 Å². The third-order valence-corrected chi connectivity index (χ3v) is 9.38. The number of benzene rings is 6. The lowest BCUT2D eigenvalue weighted by Crippen LogP contribution is -1.90. The van der Waals surface area contributed by atoms with Gasteiger partial charge in [0.15, 0.2) is 0 Å². The summed E-state index contributed by atoms with van der Waals surface area (Å²) < 4.78 is 2.80. The Kier molecular flexibility index (Phi) is 6.74. The summed E-state index contributed by atoms with van der Waals surface area (Å²) in [6.07, 6.45) is 2.15. The first kappa shape index (κ1) is 25.5. The van der Waals surface area contributed by atoms with Crippen LogP contribution in [-0.2, 0) is 12.8 Å². The SMILES string of the molecule is Cc1ccccc1.Cc1ccccc1.c1ccc2c(c1)Cc1c-2ccc2c1Cc1cc3c(cc1-2)sc1ccccc13. The van der Waals surface area contributed by atoms with Gasteiger partial charge in [0.05, 0.1) is 0 Å². The lowest BCUT2D eigenvalue weighted by Gasteiger charge is -2.07. The Labute approximate surface area is 246 Å². The Balaban J connectivity index is 0.000000163. The fourth-order valence-corrected chi connectivity index (χ4v) is 7.33. The molecule has 0 amide bonds. The number of hydrogen-bond acceptors (Lipinski definition) is 1. The van der Waals surface area contributed by atoms with Gasteiger partial charge in [0, 0.05) is 20.2 Å². The normalized spacial score (nSPS) is 12.0. The van der Waals surface area contributed by atoms with Gasteiger partial charge in [-0.15, -0.1) is 11.3 Å². The number of fused-ring (bicyclic) bond motifs is 10. The van der Waals surface area contributed by atoms with Crippen LogP contribution >= 0.6 is 11.3 Å². The summed E-state index contributed by atoms with van der Waals surface area (Å²) in [4.78, 5) is 0. The zero-order valence-electron chi connectivity index (χ0n) is 23.5. The molecule has 0 fully saturated rings. The predicted octanol–water partition coefficient (Wildman–Crippen LogP) is 11.2. The van der Waals surface area contributed by atoms with Crippen molar-refractivity contribution in [1.82, 2.24) is 0 Å². The molecule has 198 valence electrons. The quantitative estimate of drug-likeness (QED) is 0.178. The maximum atomic E-state index is 2.46. The van der Waals surface area contributed by atoms with Gasteiger partial charge in [0.1, 0.15) is 0 Å². The molecule has 0 nitrogen and oxygen atoms in total. The van der Waals surface area contributed by atoms with Crippen LogP contribution in [0.4, 0.5) is 0 Å². The summed E-state index contributed by atoms with van der Waals surface area (Å²) in [5.41, 5.74) is 14.5. The van der Waals surface area contributed by atoms with Crippen LogP contribution in [-0.4, -0.2) is 0 Å². The maximum Gasteiger partial charge on any atom is 0.0361 e. The van der Waals surface area contributed by atoms with Crippen LogP contribution in [0.15, 0.2) is 133 Å². The number of rotatable bonds is 0. The van der Waals surface area contributed by atoms with Gasteiger partial charge >= 0.3 is 0 Å². The van der Waals surface area contributed by atoms with Crippen molar-refractivity contribution in [3.05, 3.63) is 167 Å². The summed E-state index contributed by atoms with van der Waals surface area (Å²) in [6, 6.07) is 47.8. The molecule has 0 aliphatic heterocycles. The fraction of sp³-hybridized carbons (Fsp3) is 0.100. The lowest BCUT2D eigenvalue weighted by atomic mass is 9.96. The minimum Gasteiger partial charge on any atom is -0.135 e. The van der Waals surface area contributed by atoms with E-state index < -0.39 is 0 Å². The highest BCUT2D eigenvalue weighted by Gasteiger charge is 2.28. The maximum absolute atomic E-state index is 2.46. The molecule has 0 spiro atoms. The second-order valence-corrected chi connectivity index (χ2v) is 12.1. The van der Waals surface area contributed by atoms with Crippen LogP contribution in [0.25, 0.3) is 42.4 Å². The van der Waals surface area contributed by atoms with Crippen LogP contribution in [0.3, 0.4) is 0 Å². The number of thiophene rings is 1. The molecule has 0 unspecified atom stereocenters. The summed E-state index contributed by atoms with van der Waals surface area (Å²) in [5, 5.41) is 2.82. The van der Waals surface area contributed by atoms with Crippen LogP contribution < -0.4 is 0 Å². The number of hydrogen-bond donors (Lipinski definition) is 0. The third-order valence-electron chi connectivity index (χ3n) is 8.25. The number of aryl methyl sites for hydroxylation is 2. The van der Waals surface area contributed by atoms with Crippen LogP contribution in [0, 0.1) is 13.8 Å². The van der Waals surface area contributed by atoms with Gasteiger partial charge in [0.2, 0.25) is 0 Å². The van der Waals surface area contributed by atoms with Gasteiger partial charge in [-0.25, -0.2) is 0 Å². The molecule has 0 N–H and O–H groups in total. The van der Waals surface area contributed by atoms with Crippen LogP contribution in [0.5, 0.6) is 0 Å². The van der Waals surface area contributed by atoms with Crippen molar-refractivity contribution in [2.24, 2.45) is 0 Å². The third kappa shape index (κ3) is 4.88.